The largest absolute Gasteiger partial charge is 0.465 e. The summed E-state index contributed by atoms with van der Waals surface area (Å²) in [5.41, 5.74) is 0.799. The molecule has 1 rings (SSSR count). The van der Waals surface area contributed by atoms with E-state index in [0.29, 0.717) is 17.8 Å². The van der Waals surface area contributed by atoms with Gasteiger partial charge in [0.25, 0.3) is 0 Å². The van der Waals surface area contributed by atoms with Crippen molar-refractivity contribution in [3.63, 3.8) is 0 Å². The van der Waals surface area contributed by atoms with Gasteiger partial charge >= 0.3 is 17.8 Å². The highest BCUT2D eigenvalue weighted by Gasteiger charge is 2.12. The first-order chi connectivity index (χ1) is 8.58. The summed E-state index contributed by atoms with van der Waals surface area (Å²) in [6, 6.07) is 6.03. The summed E-state index contributed by atoms with van der Waals surface area (Å²) < 4.78 is 4.54. The fourth-order valence-electron chi connectivity index (χ4n) is 1.24. The maximum absolute atomic E-state index is 11.4. The molecule has 96 valence electrons. The van der Waals surface area contributed by atoms with E-state index in [2.05, 4.69) is 15.4 Å². The maximum atomic E-state index is 11.4. The van der Waals surface area contributed by atoms with Crippen LogP contribution in [-0.4, -0.2) is 31.4 Å². The second-order valence-corrected chi connectivity index (χ2v) is 3.38. The smallest absolute Gasteiger partial charge is 0.337 e. The molecule has 0 aliphatic rings. The summed E-state index contributed by atoms with van der Waals surface area (Å²) in [6.07, 6.45) is 0. The van der Waals surface area contributed by atoms with E-state index < -0.39 is 17.8 Å². The number of benzene rings is 1. The Balaban J connectivity index is 2.66. The number of hydrogen-bond acceptors (Lipinski definition) is 4. The van der Waals surface area contributed by atoms with Gasteiger partial charge < -0.3 is 15.4 Å². The third-order valence-electron chi connectivity index (χ3n) is 2.11. The van der Waals surface area contributed by atoms with Gasteiger partial charge in [-0.05, 0) is 31.2 Å². The fraction of sp³-hybridized carbons (Fsp3) is 0.250. The first-order valence-corrected chi connectivity index (χ1v) is 5.36. The van der Waals surface area contributed by atoms with Crippen LogP contribution >= 0.6 is 0 Å². The van der Waals surface area contributed by atoms with Crippen LogP contribution in [-0.2, 0) is 14.3 Å². The molecule has 0 radical (unpaired) electrons. The molecule has 0 unspecified atom stereocenters. The SMILES string of the molecule is CCNC(=O)C(=O)Nc1ccc(C(=O)OC)cc1. The number of rotatable bonds is 3. The lowest BCUT2D eigenvalue weighted by molar-refractivity contribution is -0.136. The number of amides is 2. The van der Waals surface area contributed by atoms with E-state index in [1.165, 1.54) is 31.4 Å². The Bertz CT molecular complexity index is 454. The van der Waals surface area contributed by atoms with Crippen molar-refractivity contribution >= 4 is 23.5 Å². The quantitative estimate of drug-likeness (QED) is 0.606. The van der Waals surface area contributed by atoms with Crippen LogP contribution in [0, 0.1) is 0 Å². The Morgan fingerprint density at radius 1 is 1.11 bits per heavy atom. The highest BCUT2D eigenvalue weighted by molar-refractivity contribution is 6.39. The number of methoxy groups -OCH3 is 1. The highest BCUT2D eigenvalue weighted by atomic mass is 16.5. The van der Waals surface area contributed by atoms with Crippen molar-refractivity contribution in [2.45, 2.75) is 6.92 Å². The van der Waals surface area contributed by atoms with E-state index in [1.807, 2.05) is 0 Å². The number of nitrogens with one attached hydrogen (secondary N) is 2. The topological polar surface area (TPSA) is 84.5 Å². The first-order valence-electron chi connectivity index (χ1n) is 5.36. The van der Waals surface area contributed by atoms with E-state index in [1.54, 1.807) is 6.92 Å². The Hall–Kier alpha value is -2.37. The number of anilines is 1. The Morgan fingerprint density at radius 2 is 1.72 bits per heavy atom. The second-order valence-electron chi connectivity index (χ2n) is 3.38. The molecular formula is C12H14N2O4. The van der Waals surface area contributed by atoms with Gasteiger partial charge in [0.1, 0.15) is 0 Å². The lowest BCUT2D eigenvalue weighted by Gasteiger charge is -2.05. The first kappa shape index (κ1) is 13.7. The molecule has 1 aromatic rings. The van der Waals surface area contributed by atoms with Crippen LogP contribution in [0.3, 0.4) is 0 Å². The molecule has 6 heteroatoms. The van der Waals surface area contributed by atoms with Gasteiger partial charge in [-0.1, -0.05) is 0 Å². The average Bonchev–Trinajstić information content (AvgIpc) is 2.39. The Labute approximate surface area is 104 Å². The molecule has 0 spiro atoms. The molecule has 0 aliphatic heterocycles. The van der Waals surface area contributed by atoms with Crippen molar-refractivity contribution in [3.05, 3.63) is 29.8 Å². The van der Waals surface area contributed by atoms with Crippen LogP contribution < -0.4 is 10.6 Å². The van der Waals surface area contributed by atoms with E-state index in [-0.39, 0.29) is 0 Å². The van der Waals surface area contributed by atoms with Crippen molar-refractivity contribution in [1.29, 1.82) is 0 Å². The monoisotopic (exact) mass is 250 g/mol. The van der Waals surface area contributed by atoms with Crippen LogP contribution in [0.25, 0.3) is 0 Å². The normalized spacial score (nSPS) is 9.44. The minimum Gasteiger partial charge on any atom is -0.465 e. The van der Waals surface area contributed by atoms with Crippen LogP contribution in [0.1, 0.15) is 17.3 Å². The molecule has 2 amide bonds. The summed E-state index contributed by atoms with van der Waals surface area (Å²) in [5.74, 6) is -1.91. The summed E-state index contributed by atoms with van der Waals surface area (Å²) in [5, 5.41) is 4.79. The Morgan fingerprint density at radius 3 is 2.22 bits per heavy atom. The highest BCUT2D eigenvalue weighted by Crippen LogP contribution is 2.10. The van der Waals surface area contributed by atoms with Gasteiger partial charge in [0.2, 0.25) is 0 Å². The van der Waals surface area contributed by atoms with Crippen molar-refractivity contribution in [3.8, 4) is 0 Å². The molecule has 0 aromatic heterocycles. The van der Waals surface area contributed by atoms with Crippen LogP contribution in [0.2, 0.25) is 0 Å². The summed E-state index contributed by atoms with van der Waals surface area (Å²) in [7, 11) is 1.28. The van der Waals surface area contributed by atoms with E-state index in [9.17, 15) is 14.4 Å². The van der Waals surface area contributed by atoms with Crippen molar-refractivity contribution in [1.82, 2.24) is 5.32 Å². The predicted molar refractivity (Wildman–Crippen MR) is 65.1 cm³/mol. The van der Waals surface area contributed by atoms with Crippen LogP contribution in [0.5, 0.6) is 0 Å². The summed E-state index contributed by atoms with van der Waals surface area (Å²) in [6.45, 7) is 2.10. The third-order valence-corrected chi connectivity index (χ3v) is 2.11. The van der Waals surface area contributed by atoms with Gasteiger partial charge in [0.05, 0.1) is 12.7 Å². The van der Waals surface area contributed by atoms with E-state index in [4.69, 9.17) is 0 Å². The molecule has 0 saturated carbocycles. The van der Waals surface area contributed by atoms with Crippen LogP contribution in [0.15, 0.2) is 24.3 Å². The maximum Gasteiger partial charge on any atom is 0.337 e. The predicted octanol–water partition coefficient (Wildman–Crippen LogP) is 0.548. The number of likely N-dealkylation sites (N-methyl/N-ethyl adjacent to an activating group) is 1. The molecule has 18 heavy (non-hydrogen) atoms. The molecule has 6 nitrogen and oxygen atoms in total. The lowest BCUT2D eigenvalue weighted by Crippen LogP contribution is -2.35. The van der Waals surface area contributed by atoms with Gasteiger partial charge in [-0.15, -0.1) is 0 Å². The molecule has 0 atom stereocenters. The van der Waals surface area contributed by atoms with Gasteiger partial charge in [-0.2, -0.15) is 0 Å². The molecule has 1 aromatic carbocycles. The van der Waals surface area contributed by atoms with Gasteiger partial charge in [-0.25, -0.2) is 4.79 Å². The molecule has 0 bridgehead atoms. The minimum atomic E-state index is -0.748. The molecule has 0 saturated heterocycles. The number of hydrogen-bond donors (Lipinski definition) is 2. The zero-order chi connectivity index (χ0) is 13.5. The second kappa shape index (κ2) is 6.39. The van der Waals surface area contributed by atoms with Crippen molar-refractivity contribution in [2.75, 3.05) is 19.0 Å². The van der Waals surface area contributed by atoms with E-state index in [0.717, 1.165) is 0 Å². The number of esters is 1. The van der Waals surface area contributed by atoms with E-state index >= 15 is 0 Å². The minimum absolute atomic E-state index is 0.369. The van der Waals surface area contributed by atoms with Gasteiger partial charge in [0.15, 0.2) is 0 Å². The fourth-order valence-corrected chi connectivity index (χ4v) is 1.24. The molecule has 0 aliphatic carbocycles. The summed E-state index contributed by atoms with van der Waals surface area (Å²) >= 11 is 0. The Kier molecular flexibility index (Phi) is 4.86. The third kappa shape index (κ3) is 3.58. The lowest BCUT2D eigenvalue weighted by atomic mass is 10.2. The molecule has 0 heterocycles. The van der Waals surface area contributed by atoms with Crippen LogP contribution in [0.4, 0.5) is 5.69 Å². The molecule has 0 fully saturated rings. The summed E-state index contributed by atoms with van der Waals surface area (Å²) in [4.78, 5) is 33.7. The van der Waals surface area contributed by atoms with Gasteiger partial charge in [-0.3, -0.25) is 9.59 Å². The van der Waals surface area contributed by atoms with Gasteiger partial charge in [0, 0.05) is 12.2 Å². The average molecular weight is 250 g/mol. The van der Waals surface area contributed by atoms with Crippen molar-refractivity contribution < 1.29 is 19.1 Å². The number of carbonyl (C=O) groups is 3. The molecule has 2 N–H and O–H groups in total. The standard InChI is InChI=1S/C12H14N2O4/c1-3-13-10(15)11(16)14-9-6-4-8(5-7-9)12(17)18-2/h4-7H,3H2,1-2H3,(H,13,15)(H,14,16). The molecular weight excluding hydrogens is 236 g/mol. The zero-order valence-electron chi connectivity index (χ0n) is 10.1. The van der Waals surface area contributed by atoms with Crippen molar-refractivity contribution in [2.24, 2.45) is 0 Å². The number of carbonyl (C=O) groups excluding carboxylic acids is 3. The zero-order valence-corrected chi connectivity index (χ0v) is 10.1. The number of ether oxygens (including phenoxy) is 1.